The molecule has 1 amide bonds. The van der Waals surface area contributed by atoms with Gasteiger partial charge in [-0.3, -0.25) is 4.79 Å². The zero-order chi connectivity index (χ0) is 19.4. The third-order valence-electron chi connectivity index (χ3n) is 5.53. The van der Waals surface area contributed by atoms with Crippen LogP contribution in [0, 0.1) is 0 Å². The van der Waals surface area contributed by atoms with Gasteiger partial charge in [0.15, 0.2) is 0 Å². The molecule has 0 bridgehead atoms. The van der Waals surface area contributed by atoms with Crippen LogP contribution in [-0.4, -0.2) is 30.8 Å². The van der Waals surface area contributed by atoms with E-state index in [2.05, 4.69) is 11.4 Å². The predicted octanol–water partition coefficient (Wildman–Crippen LogP) is 4.38. The Balaban J connectivity index is 1.55. The van der Waals surface area contributed by atoms with Gasteiger partial charge in [0.25, 0.3) is 0 Å². The Morgan fingerprint density at radius 2 is 1.82 bits per heavy atom. The van der Waals surface area contributed by atoms with Crippen molar-refractivity contribution < 1.29 is 19.0 Å². The molecule has 2 aromatic rings. The van der Waals surface area contributed by atoms with Crippen molar-refractivity contribution in [1.82, 2.24) is 5.32 Å². The highest BCUT2D eigenvalue weighted by atomic mass is 16.5. The van der Waals surface area contributed by atoms with Gasteiger partial charge in [-0.05, 0) is 55.5 Å². The second-order valence-corrected chi connectivity index (χ2v) is 7.73. The molecule has 4 rings (SSSR count). The molecule has 2 aliphatic heterocycles. The lowest BCUT2D eigenvalue weighted by atomic mass is 9.81. The molecule has 2 aromatic carbocycles. The lowest BCUT2D eigenvalue weighted by molar-refractivity contribution is -0.179. The Kier molecular flexibility index (Phi) is 5.64. The smallest absolute Gasteiger partial charge is 0.217 e. The van der Waals surface area contributed by atoms with Crippen LogP contribution in [0.15, 0.2) is 54.6 Å². The quantitative estimate of drug-likeness (QED) is 0.854. The van der Waals surface area contributed by atoms with Crippen LogP contribution in [0.2, 0.25) is 0 Å². The van der Waals surface area contributed by atoms with Crippen molar-refractivity contribution in [2.45, 2.75) is 50.4 Å². The minimum absolute atomic E-state index is 0.00835. The number of carbonyl (C=O) groups excluding carboxylic acids is 1. The minimum atomic E-state index is -0.232. The molecule has 0 radical (unpaired) electrons. The lowest BCUT2D eigenvalue weighted by Gasteiger charge is -2.47. The Labute approximate surface area is 166 Å². The van der Waals surface area contributed by atoms with E-state index in [-0.39, 0.29) is 23.7 Å². The molecule has 148 valence electrons. The molecule has 0 unspecified atom stereocenters. The fourth-order valence-corrected chi connectivity index (χ4v) is 4.26. The van der Waals surface area contributed by atoms with Gasteiger partial charge in [-0.2, -0.15) is 0 Å². The largest absolute Gasteiger partial charge is 0.457 e. The Bertz CT molecular complexity index is 801. The van der Waals surface area contributed by atoms with Gasteiger partial charge in [-0.15, -0.1) is 0 Å². The molecule has 0 aromatic heterocycles. The minimum Gasteiger partial charge on any atom is -0.457 e. The van der Waals surface area contributed by atoms with E-state index < -0.39 is 0 Å². The normalized spacial score (nSPS) is 23.9. The molecule has 1 spiro atoms. The van der Waals surface area contributed by atoms with E-state index in [0.717, 1.165) is 42.7 Å². The molecule has 2 atom stereocenters. The second-order valence-electron chi connectivity index (χ2n) is 7.73. The number of amides is 1. The fraction of sp³-hybridized carbons (Fsp3) is 0.435. The first-order valence-corrected chi connectivity index (χ1v) is 9.97. The van der Waals surface area contributed by atoms with Crippen molar-refractivity contribution in [1.29, 1.82) is 0 Å². The summed E-state index contributed by atoms with van der Waals surface area (Å²) in [5.74, 6) is 1.60. The number of hydrogen-bond acceptors (Lipinski definition) is 4. The number of rotatable bonds is 4. The first-order chi connectivity index (χ1) is 13.6. The lowest BCUT2D eigenvalue weighted by Crippen LogP contribution is -2.51. The zero-order valence-electron chi connectivity index (χ0n) is 16.2. The highest BCUT2D eigenvalue weighted by Gasteiger charge is 2.43. The molecule has 1 N–H and O–H groups in total. The standard InChI is InChI=1S/C23H27NO4/c1-17(25)24-19-15-22(28-23(16-19)10-12-26-13-11-23)18-6-5-9-21(14-18)27-20-7-3-2-4-8-20/h2-9,14,19,22H,10-13,15-16H2,1H3,(H,24,25)/t19-,22-/m1/s1. The number of hydrogen-bond donors (Lipinski definition) is 1. The summed E-state index contributed by atoms with van der Waals surface area (Å²) < 4.78 is 18.2. The van der Waals surface area contributed by atoms with E-state index in [1.165, 1.54) is 0 Å². The van der Waals surface area contributed by atoms with Crippen LogP contribution in [0.4, 0.5) is 0 Å². The van der Waals surface area contributed by atoms with Crippen LogP contribution in [0.25, 0.3) is 0 Å². The summed E-state index contributed by atoms with van der Waals surface area (Å²) in [5, 5.41) is 3.12. The molecule has 2 saturated heterocycles. The maximum Gasteiger partial charge on any atom is 0.217 e. The van der Waals surface area contributed by atoms with Crippen LogP contribution < -0.4 is 10.1 Å². The molecule has 5 heteroatoms. The maximum atomic E-state index is 11.7. The molecular weight excluding hydrogens is 354 g/mol. The zero-order valence-corrected chi connectivity index (χ0v) is 16.2. The summed E-state index contributed by atoms with van der Waals surface area (Å²) in [5.41, 5.74) is 0.847. The number of benzene rings is 2. The van der Waals surface area contributed by atoms with Gasteiger partial charge in [0.05, 0.1) is 11.7 Å². The third-order valence-corrected chi connectivity index (χ3v) is 5.53. The van der Waals surface area contributed by atoms with Crippen molar-refractivity contribution in [2.24, 2.45) is 0 Å². The molecule has 2 aliphatic rings. The predicted molar refractivity (Wildman–Crippen MR) is 106 cm³/mol. The monoisotopic (exact) mass is 381 g/mol. The van der Waals surface area contributed by atoms with Crippen molar-refractivity contribution in [3.63, 3.8) is 0 Å². The van der Waals surface area contributed by atoms with Crippen molar-refractivity contribution in [2.75, 3.05) is 13.2 Å². The molecule has 0 saturated carbocycles. The van der Waals surface area contributed by atoms with E-state index >= 15 is 0 Å². The van der Waals surface area contributed by atoms with Crippen molar-refractivity contribution in [3.05, 3.63) is 60.2 Å². The number of ether oxygens (including phenoxy) is 3. The Morgan fingerprint density at radius 3 is 2.57 bits per heavy atom. The topological polar surface area (TPSA) is 56.8 Å². The van der Waals surface area contributed by atoms with Crippen LogP contribution in [-0.2, 0) is 14.3 Å². The maximum absolute atomic E-state index is 11.7. The molecular formula is C23H27NO4. The summed E-state index contributed by atoms with van der Waals surface area (Å²) in [7, 11) is 0. The second kappa shape index (κ2) is 8.33. The molecule has 0 aliphatic carbocycles. The summed E-state index contributed by atoms with van der Waals surface area (Å²) in [6.07, 6.45) is 3.24. The molecule has 2 fully saturated rings. The summed E-state index contributed by atoms with van der Waals surface area (Å²) in [4.78, 5) is 11.7. The summed E-state index contributed by atoms with van der Waals surface area (Å²) in [6.45, 7) is 2.99. The van der Waals surface area contributed by atoms with Gasteiger partial charge in [-0.25, -0.2) is 0 Å². The average Bonchev–Trinajstić information content (AvgIpc) is 2.69. The highest BCUT2D eigenvalue weighted by molar-refractivity contribution is 5.73. The van der Waals surface area contributed by atoms with Gasteiger partial charge < -0.3 is 19.5 Å². The number of para-hydroxylation sites is 1. The van der Waals surface area contributed by atoms with E-state index in [1.807, 2.05) is 48.5 Å². The fourth-order valence-electron chi connectivity index (χ4n) is 4.26. The van der Waals surface area contributed by atoms with Crippen LogP contribution >= 0.6 is 0 Å². The molecule has 2 heterocycles. The van der Waals surface area contributed by atoms with Crippen LogP contribution in [0.3, 0.4) is 0 Å². The highest BCUT2D eigenvalue weighted by Crippen LogP contribution is 2.43. The number of carbonyl (C=O) groups is 1. The molecule has 28 heavy (non-hydrogen) atoms. The SMILES string of the molecule is CC(=O)N[C@@H]1C[C@H](c2cccc(Oc3ccccc3)c2)OC2(CCOCC2)C1. The molecule has 5 nitrogen and oxygen atoms in total. The van der Waals surface area contributed by atoms with Crippen LogP contribution in [0.5, 0.6) is 11.5 Å². The summed E-state index contributed by atoms with van der Waals surface area (Å²) in [6, 6.07) is 17.9. The Hall–Kier alpha value is -2.37. The van der Waals surface area contributed by atoms with E-state index in [9.17, 15) is 4.79 Å². The first kappa shape index (κ1) is 19.0. The van der Waals surface area contributed by atoms with Crippen LogP contribution in [0.1, 0.15) is 44.3 Å². The van der Waals surface area contributed by atoms with Gasteiger partial charge in [-0.1, -0.05) is 30.3 Å². The third kappa shape index (κ3) is 4.54. The number of nitrogens with one attached hydrogen (secondary N) is 1. The van der Waals surface area contributed by atoms with Gasteiger partial charge in [0.2, 0.25) is 5.91 Å². The van der Waals surface area contributed by atoms with E-state index in [4.69, 9.17) is 14.2 Å². The first-order valence-electron chi connectivity index (χ1n) is 9.97. The average molecular weight is 381 g/mol. The van der Waals surface area contributed by atoms with E-state index in [0.29, 0.717) is 13.2 Å². The van der Waals surface area contributed by atoms with Crippen molar-refractivity contribution >= 4 is 5.91 Å². The van der Waals surface area contributed by atoms with E-state index in [1.54, 1.807) is 6.92 Å². The van der Waals surface area contributed by atoms with Gasteiger partial charge >= 0.3 is 0 Å². The van der Waals surface area contributed by atoms with Crippen molar-refractivity contribution in [3.8, 4) is 11.5 Å². The van der Waals surface area contributed by atoms with Gasteiger partial charge in [0.1, 0.15) is 11.5 Å². The Morgan fingerprint density at radius 1 is 1.07 bits per heavy atom. The summed E-state index contributed by atoms with van der Waals surface area (Å²) >= 11 is 0. The van der Waals surface area contributed by atoms with Gasteiger partial charge in [0, 0.05) is 26.2 Å².